The van der Waals surface area contributed by atoms with Crippen LogP contribution in [0.3, 0.4) is 0 Å². The Hall–Kier alpha value is -1.38. The highest BCUT2D eigenvalue weighted by molar-refractivity contribution is 6.30. The molecule has 0 saturated heterocycles. The first-order valence-corrected chi connectivity index (χ1v) is 6.48. The molecule has 2 aromatic carbocycles. The maximum Gasteiger partial charge on any atom is 0.123 e. The molecule has 2 aromatic rings. The lowest BCUT2D eigenvalue weighted by Crippen LogP contribution is -2.26. The third-order valence-corrected chi connectivity index (χ3v) is 3.71. The van der Waals surface area contributed by atoms with Crippen LogP contribution < -0.4 is 0 Å². The number of hydrogen-bond acceptors (Lipinski definition) is 1. The molecular weight excluding hydrogens is 263 g/mol. The lowest BCUT2D eigenvalue weighted by atomic mass is 9.77. The smallest absolute Gasteiger partial charge is 0.123 e. The van der Waals surface area contributed by atoms with Crippen molar-refractivity contribution in [1.82, 2.24) is 0 Å². The third-order valence-electron chi connectivity index (χ3n) is 3.46. The van der Waals surface area contributed by atoms with Gasteiger partial charge in [-0.15, -0.1) is 0 Å². The molecule has 3 heteroatoms. The monoisotopic (exact) mass is 278 g/mol. The zero-order valence-electron chi connectivity index (χ0n) is 10.9. The first kappa shape index (κ1) is 14.0. The van der Waals surface area contributed by atoms with Gasteiger partial charge in [-0.3, -0.25) is 0 Å². The van der Waals surface area contributed by atoms with Crippen LogP contribution in [0.2, 0.25) is 5.02 Å². The Labute approximate surface area is 117 Å². The molecule has 1 atom stereocenters. The zero-order chi connectivity index (χ0) is 14.0. The van der Waals surface area contributed by atoms with Gasteiger partial charge in [-0.1, -0.05) is 49.7 Å². The second-order valence-corrected chi connectivity index (χ2v) is 5.62. The van der Waals surface area contributed by atoms with Gasteiger partial charge in [0.2, 0.25) is 0 Å². The van der Waals surface area contributed by atoms with E-state index in [1.54, 1.807) is 36.4 Å². The molecule has 0 aromatic heterocycles. The van der Waals surface area contributed by atoms with Gasteiger partial charge >= 0.3 is 0 Å². The number of aliphatic hydroxyl groups is 1. The first-order chi connectivity index (χ1) is 8.91. The van der Waals surface area contributed by atoms with Crippen LogP contribution in [0.5, 0.6) is 0 Å². The number of hydrogen-bond donors (Lipinski definition) is 1. The topological polar surface area (TPSA) is 20.2 Å². The molecule has 100 valence electrons. The van der Waals surface area contributed by atoms with Crippen molar-refractivity contribution in [2.75, 3.05) is 0 Å². The molecule has 0 aliphatic rings. The second kappa shape index (κ2) is 5.32. The average Bonchev–Trinajstić information content (AvgIpc) is 2.39. The van der Waals surface area contributed by atoms with Crippen molar-refractivity contribution < 1.29 is 9.50 Å². The Morgan fingerprint density at radius 3 is 2.05 bits per heavy atom. The fraction of sp³-hybridized carbons (Fsp3) is 0.250. The van der Waals surface area contributed by atoms with Gasteiger partial charge in [0.1, 0.15) is 5.82 Å². The van der Waals surface area contributed by atoms with E-state index >= 15 is 0 Å². The van der Waals surface area contributed by atoms with Crippen molar-refractivity contribution in [3.8, 4) is 0 Å². The Kier molecular flexibility index (Phi) is 3.93. The van der Waals surface area contributed by atoms with E-state index < -0.39 is 11.5 Å². The zero-order valence-corrected chi connectivity index (χ0v) is 11.7. The molecule has 0 aliphatic carbocycles. The summed E-state index contributed by atoms with van der Waals surface area (Å²) in [5.41, 5.74) is 1.16. The van der Waals surface area contributed by atoms with E-state index in [9.17, 15) is 9.50 Å². The Morgan fingerprint density at radius 2 is 1.53 bits per heavy atom. The van der Waals surface area contributed by atoms with Crippen LogP contribution in [0, 0.1) is 5.82 Å². The molecule has 0 radical (unpaired) electrons. The van der Waals surface area contributed by atoms with E-state index in [1.165, 1.54) is 12.1 Å². The van der Waals surface area contributed by atoms with Crippen molar-refractivity contribution in [3.05, 3.63) is 70.5 Å². The van der Waals surface area contributed by atoms with Crippen LogP contribution in [-0.4, -0.2) is 5.11 Å². The number of halogens is 2. The van der Waals surface area contributed by atoms with Crippen LogP contribution in [-0.2, 0) is 5.41 Å². The fourth-order valence-corrected chi connectivity index (χ4v) is 2.23. The largest absolute Gasteiger partial charge is 0.388 e. The molecule has 1 N–H and O–H groups in total. The van der Waals surface area contributed by atoms with Crippen molar-refractivity contribution in [2.24, 2.45) is 0 Å². The van der Waals surface area contributed by atoms with Crippen LogP contribution in [0.1, 0.15) is 31.1 Å². The highest BCUT2D eigenvalue weighted by Gasteiger charge is 2.30. The minimum Gasteiger partial charge on any atom is -0.388 e. The van der Waals surface area contributed by atoms with Gasteiger partial charge in [0, 0.05) is 10.4 Å². The van der Waals surface area contributed by atoms with Crippen molar-refractivity contribution >= 4 is 11.6 Å². The van der Waals surface area contributed by atoms with Crippen LogP contribution in [0.25, 0.3) is 0 Å². The lowest BCUT2D eigenvalue weighted by Gasteiger charge is -2.31. The average molecular weight is 279 g/mol. The molecule has 2 rings (SSSR count). The minimum atomic E-state index is -0.685. The quantitative estimate of drug-likeness (QED) is 0.877. The summed E-state index contributed by atoms with van der Waals surface area (Å²) < 4.78 is 13.0. The summed E-state index contributed by atoms with van der Waals surface area (Å²) in [6, 6.07) is 13.3. The van der Waals surface area contributed by atoms with E-state index in [2.05, 4.69) is 0 Å². The molecular formula is C16H16ClFO. The van der Waals surface area contributed by atoms with E-state index in [4.69, 9.17) is 11.6 Å². The second-order valence-electron chi connectivity index (χ2n) is 5.18. The number of aliphatic hydroxyl groups excluding tert-OH is 1. The summed E-state index contributed by atoms with van der Waals surface area (Å²) in [5, 5.41) is 11.2. The van der Waals surface area contributed by atoms with Crippen molar-refractivity contribution in [2.45, 2.75) is 25.4 Å². The SMILES string of the molecule is CC(C)(c1ccc(F)cc1)C(O)c1ccc(Cl)cc1. The van der Waals surface area contributed by atoms with Gasteiger partial charge in [-0.25, -0.2) is 4.39 Å². The third kappa shape index (κ3) is 2.96. The molecule has 1 unspecified atom stereocenters. The van der Waals surface area contributed by atoms with E-state index in [0.717, 1.165) is 11.1 Å². The minimum absolute atomic E-state index is 0.277. The van der Waals surface area contributed by atoms with Crippen LogP contribution >= 0.6 is 11.6 Å². The first-order valence-electron chi connectivity index (χ1n) is 6.11. The number of rotatable bonds is 3. The van der Waals surface area contributed by atoms with Gasteiger partial charge in [0.15, 0.2) is 0 Å². The van der Waals surface area contributed by atoms with Crippen molar-refractivity contribution in [1.29, 1.82) is 0 Å². The van der Waals surface area contributed by atoms with E-state index in [0.29, 0.717) is 5.02 Å². The fourth-order valence-electron chi connectivity index (χ4n) is 2.10. The molecule has 1 nitrogen and oxygen atoms in total. The van der Waals surface area contributed by atoms with Crippen LogP contribution in [0.4, 0.5) is 4.39 Å². The Morgan fingerprint density at radius 1 is 1.00 bits per heavy atom. The Balaban J connectivity index is 2.32. The standard InChI is InChI=1S/C16H16ClFO/c1-16(2,12-5-9-14(18)10-6-12)15(19)11-3-7-13(17)8-4-11/h3-10,15,19H,1-2H3. The van der Waals surface area contributed by atoms with E-state index in [-0.39, 0.29) is 5.82 Å². The molecule has 0 saturated carbocycles. The summed E-state index contributed by atoms with van der Waals surface area (Å²) in [6.45, 7) is 3.86. The highest BCUT2D eigenvalue weighted by atomic mass is 35.5. The molecule has 0 bridgehead atoms. The summed E-state index contributed by atoms with van der Waals surface area (Å²) in [5.74, 6) is -0.277. The lowest BCUT2D eigenvalue weighted by molar-refractivity contribution is 0.100. The van der Waals surface area contributed by atoms with Gasteiger partial charge < -0.3 is 5.11 Å². The molecule has 19 heavy (non-hydrogen) atoms. The maximum absolute atomic E-state index is 13.0. The molecule has 0 spiro atoms. The summed E-state index contributed by atoms with van der Waals surface area (Å²) in [6.07, 6.45) is -0.685. The highest BCUT2D eigenvalue weighted by Crippen LogP contribution is 2.37. The molecule has 0 fully saturated rings. The van der Waals surface area contributed by atoms with E-state index in [1.807, 2.05) is 13.8 Å². The van der Waals surface area contributed by atoms with Gasteiger partial charge in [0.05, 0.1) is 6.10 Å². The predicted molar refractivity (Wildman–Crippen MR) is 75.8 cm³/mol. The molecule has 0 amide bonds. The van der Waals surface area contributed by atoms with Gasteiger partial charge in [-0.2, -0.15) is 0 Å². The molecule has 0 heterocycles. The number of benzene rings is 2. The molecule has 0 aliphatic heterocycles. The summed E-state index contributed by atoms with van der Waals surface area (Å²) >= 11 is 5.84. The van der Waals surface area contributed by atoms with Crippen LogP contribution in [0.15, 0.2) is 48.5 Å². The van der Waals surface area contributed by atoms with Gasteiger partial charge in [-0.05, 0) is 35.4 Å². The maximum atomic E-state index is 13.0. The predicted octanol–water partition coefficient (Wildman–Crippen LogP) is 4.49. The summed E-state index contributed by atoms with van der Waals surface area (Å²) in [7, 11) is 0. The Bertz CT molecular complexity index is 546. The normalized spacial score (nSPS) is 13.3. The summed E-state index contributed by atoms with van der Waals surface area (Å²) in [4.78, 5) is 0. The van der Waals surface area contributed by atoms with Crippen molar-refractivity contribution in [3.63, 3.8) is 0 Å². The van der Waals surface area contributed by atoms with Gasteiger partial charge in [0.25, 0.3) is 0 Å².